The van der Waals surface area contributed by atoms with E-state index in [0.717, 1.165) is 0 Å². The minimum absolute atomic E-state index is 0.132. The Bertz CT molecular complexity index is 757. The molecule has 0 saturated carbocycles. The van der Waals surface area contributed by atoms with Crippen molar-refractivity contribution >= 4 is 24.0 Å². The fourth-order valence-corrected chi connectivity index (χ4v) is 1.68. The summed E-state index contributed by atoms with van der Waals surface area (Å²) in [5.41, 5.74) is 3.43. The number of hydrazone groups is 1. The van der Waals surface area contributed by atoms with Crippen molar-refractivity contribution in [3.05, 3.63) is 65.5 Å². The van der Waals surface area contributed by atoms with E-state index in [1.54, 1.807) is 24.4 Å². The molecule has 0 saturated heterocycles. The number of carboxylic acid groups (broad SMARTS) is 1. The molecule has 0 aliphatic heterocycles. The summed E-state index contributed by atoms with van der Waals surface area (Å²) < 4.78 is 0. The molecule has 0 fully saturated rings. The van der Waals surface area contributed by atoms with Crippen LogP contribution < -0.4 is 10.7 Å². The molecule has 0 unspecified atom stereocenters. The van der Waals surface area contributed by atoms with Crippen molar-refractivity contribution in [2.24, 2.45) is 5.10 Å². The fourth-order valence-electron chi connectivity index (χ4n) is 1.68. The first-order valence-electron chi connectivity index (χ1n) is 6.91. The molecular formula is C16H14N4O4. The largest absolute Gasteiger partial charge is 0.478 e. The zero-order valence-electron chi connectivity index (χ0n) is 12.5. The molecule has 0 bridgehead atoms. The Labute approximate surface area is 137 Å². The average molecular weight is 326 g/mol. The number of hydrogen-bond donors (Lipinski definition) is 3. The minimum atomic E-state index is -1.03. The highest BCUT2D eigenvalue weighted by Crippen LogP contribution is 2.02. The summed E-state index contributed by atoms with van der Waals surface area (Å²) in [6, 6.07) is 11.1. The topological polar surface area (TPSA) is 121 Å². The average Bonchev–Trinajstić information content (AvgIpc) is 2.61. The normalized spacial score (nSPS) is 10.3. The van der Waals surface area contributed by atoms with Crippen LogP contribution in [0.4, 0.5) is 0 Å². The van der Waals surface area contributed by atoms with Crippen LogP contribution in [0.25, 0.3) is 0 Å². The maximum absolute atomic E-state index is 11.6. The highest BCUT2D eigenvalue weighted by molar-refractivity contribution is 6.35. The Morgan fingerprint density at radius 1 is 1.08 bits per heavy atom. The van der Waals surface area contributed by atoms with Crippen LogP contribution in [0.15, 0.2) is 53.8 Å². The molecular weight excluding hydrogens is 312 g/mol. The summed E-state index contributed by atoms with van der Waals surface area (Å²) >= 11 is 0. The van der Waals surface area contributed by atoms with E-state index in [1.165, 1.54) is 30.5 Å². The van der Waals surface area contributed by atoms with Crippen molar-refractivity contribution in [2.75, 3.05) is 0 Å². The number of pyridine rings is 1. The number of carboxylic acids is 1. The SMILES string of the molecule is O=C(NCc1ccccn1)C(=O)NN=Cc1ccc(C(=O)O)cc1. The Balaban J connectivity index is 1.81. The molecule has 122 valence electrons. The van der Waals surface area contributed by atoms with Gasteiger partial charge in [0.05, 0.1) is 24.0 Å². The Morgan fingerprint density at radius 2 is 1.83 bits per heavy atom. The number of nitrogens with zero attached hydrogens (tertiary/aromatic N) is 2. The first kappa shape index (κ1) is 16.8. The van der Waals surface area contributed by atoms with Gasteiger partial charge in [-0.25, -0.2) is 10.2 Å². The van der Waals surface area contributed by atoms with E-state index in [4.69, 9.17) is 5.11 Å². The van der Waals surface area contributed by atoms with Gasteiger partial charge in [-0.05, 0) is 29.8 Å². The fraction of sp³-hybridized carbons (Fsp3) is 0.0625. The molecule has 8 heteroatoms. The molecule has 8 nitrogen and oxygen atoms in total. The van der Waals surface area contributed by atoms with Crippen molar-refractivity contribution in [1.29, 1.82) is 0 Å². The molecule has 0 spiro atoms. The molecule has 2 aromatic rings. The van der Waals surface area contributed by atoms with Crippen molar-refractivity contribution in [2.45, 2.75) is 6.54 Å². The van der Waals surface area contributed by atoms with Crippen molar-refractivity contribution in [3.63, 3.8) is 0 Å². The van der Waals surface area contributed by atoms with E-state index in [0.29, 0.717) is 11.3 Å². The quantitative estimate of drug-likeness (QED) is 0.421. The Morgan fingerprint density at radius 3 is 2.46 bits per heavy atom. The zero-order valence-corrected chi connectivity index (χ0v) is 12.5. The second kappa shape index (κ2) is 8.18. The standard InChI is InChI=1S/C16H14N4O4/c21-14(18-10-13-3-1-2-8-17-13)15(22)20-19-9-11-4-6-12(7-5-11)16(23)24/h1-9H,10H2,(H,18,21)(H,20,22)(H,23,24). The van der Waals surface area contributed by atoms with Crippen molar-refractivity contribution in [1.82, 2.24) is 15.7 Å². The highest BCUT2D eigenvalue weighted by atomic mass is 16.4. The molecule has 0 aliphatic rings. The van der Waals surface area contributed by atoms with Crippen LogP contribution >= 0.6 is 0 Å². The van der Waals surface area contributed by atoms with Crippen LogP contribution in [0.5, 0.6) is 0 Å². The predicted octanol–water partition coefficient (Wildman–Crippen LogP) is 0.546. The van der Waals surface area contributed by atoms with Crippen molar-refractivity contribution in [3.8, 4) is 0 Å². The second-order valence-corrected chi connectivity index (χ2v) is 4.63. The Kier molecular flexibility index (Phi) is 5.73. The number of hydrogen-bond acceptors (Lipinski definition) is 5. The van der Waals surface area contributed by atoms with E-state index in [-0.39, 0.29) is 12.1 Å². The first-order chi connectivity index (χ1) is 11.6. The summed E-state index contributed by atoms with van der Waals surface area (Å²) in [6.45, 7) is 0.132. The van der Waals surface area contributed by atoms with Crippen molar-refractivity contribution < 1.29 is 19.5 Å². The number of aromatic nitrogens is 1. The lowest BCUT2D eigenvalue weighted by atomic mass is 10.1. The maximum atomic E-state index is 11.6. The van der Waals surface area contributed by atoms with Gasteiger partial charge in [-0.2, -0.15) is 5.10 Å². The molecule has 1 aromatic carbocycles. The number of nitrogens with one attached hydrogen (secondary N) is 2. The highest BCUT2D eigenvalue weighted by Gasteiger charge is 2.12. The van der Waals surface area contributed by atoms with Gasteiger partial charge in [-0.1, -0.05) is 18.2 Å². The molecule has 1 aromatic heterocycles. The molecule has 0 aliphatic carbocycles. The van der Waals surface area contributed by atoms with Gasteiger partial charge < -0.3 is 10.4 Å². The third kappa shape index (κ3) is 5.02. The molecule has 2 amide bonds. The van der Waals surface area contributed by atoms with Gasteiger partial charge in [-0.15, -0.1) is 0 Å². The monoisotopic (exact) mass is 326 g/mol. The molecule has 24 heavy (non-hydrogen) atoms. The number of carbonyl (C=O) groups is 3. The van der Waals surface area contributed by atoms with Gasteiger partial charge in [0.25, 0.3) is 0 Å². The summed E-state index contributed by atoms with van der Waals surface area (Å²) in [4.78, 5) is 37.9. The zero-order chi connectivity index (χ0) is 17.4. The van der Waals surface area contributed by atoms with E-state index >= 15 is 0 Å². The smallest absolute Gasteiger partial charge is 0.335 e. The van der Waals surface area contributed by atoms with E-state index in [1.807, 2.05) is 0 Å². The summed E-state index contributed by atoms with van der Waals surface area (Å²) in [6.07, 6.45) is 2.89. The molecule has 0 atom stereocenters. The van der Waals surface area contributed by atoms with E-state index in [2.05, 4.69) is 20.8 Å². The van der Waals surface area contributed by atoms with Gasteiger partial charge in [0.2, 0.25) is 0 Å². The lowest BCUT2D eigenvalue weighted by Crippen LogP contribution is -2.37. The van der Waals surface area contributed by atoms with Gasteiger partial charge in [0.15, 0.2) is 0 Å². The summed E-state index contributed by atoms with van der Waals surface area (Å²) in [7, 11) is 0. The van der Waals surface area contributed by atoms with Crippen LogP contribution in [0.3, 0.4) is 0 Å². The molecule has 2 rings (SSSR count). The predicted molar refractivity (Wildman–Crippen MR) is 85.2 cm³/mol. The number of benzene rings is 1. The van der Waals surface area contributed by atoms with Gasteiger partial charge in [0, 0.05) is 6.20 Å². The lowest BCUT2D eigenvalue weighted by Gasteiger charge is -2.03. The maximum Gasteiger partial charge on any atom is 0.335 e. The Hall–Kier alpha value is -3.55. The molecule has 1 heterocycles. The van der Waals surface area contributed by atoms with Crippen LogP contribution in [0, 0.1) is 0 Å². The van der Waals surface area contributed by atoms with E-state index < -0.39 is 17.8 Å². The van der Waals surface area contributed by atoms with Gasteiger partial charge in [-0.3, -0.25) is 14.6 Å². The van der Waals surface area contributed by atoms with Crippen LogP contribution in [-0.4, -0.2) is 34.1 Å². The number of rotatable bonds is 5. The van der Waals surface area contributed by atoms with Crippen LogP contribution in [-0.2, 0) is 16.1 Å². The molecule has 0 radical (unpaired) electrons. The van der Waals surface area contributed by atoms with Crippen LogP contribution in [0.1, 0.15) is 21.6 Å². The number of carbonyl (C=O) groups excluding carboxylic acids is 2. The third-order valence-electron chi connectivity index (χ3n) is 2.90. The summed E-state index contributed by atoms with van der Waals surface area (Å²) in [5, 5.41) is 14.8. The van der Waals surface area contributed by atoms with E-state index in [9.17, 15) is 14.4 Å². The number of aromatic carboxylic acids is 1. The first-order valence-corrected chi connectivity index (χ1v) is 6.91. The van der Waals surface area contributed by atoms with Gasteiger partial charge in [0.1, 0.15) is 0 Å². The number of amides is 2. The summed E-state index contributed by atoms with van der Waals surface area (Å²) in [5.74, 6) is -2.78. The van der Waals surface area contributed by atoms with Crippen LogP contribution in [0.2, 0.25) is 0 Å². The molecule has 3 N–H and O–H groups in total. The minimum Gasteiger partial charge on any atom is -0.478 e. The van der Waals surface area contributed by atoms with Gasteiger partial charge >= 0.3 is 17.8 Å². The third-order valence-corrected chi connectivity index (χ3v) is 2.90. The lowest BCUT2D eigenvalue weighted by molar-refractivity contribution is -0.139. The second-order valence-electron chi connectivity index (χ2n) is 4.63.